The van der Waals surface area contributed by atoms with Crippen LogP contribution in [0.25, 0.3) is 0 Å². The molecule has 0 amide bonds. The van der Waals surface area contributed by atoms with Crippen molar-refractivity contribution < 1.29 is 8.28 Å². The van der Waals surface area contributed by atoms with Crippen LogP contribution in [-0.4, -0.2) is 6.01 Å². The molecule has 0 saturated carbocycles. The summed E-state index contributed by atoms with van der Waals surface area (Å²) >= 11 is -0.310. The molecule has 0 aliphatic carbocycles. The Hall–Kier alpha value is 0.210. The lowest BCUT2D eigenvalue weighted by molar-refractivity contribution is 0.597. The molecule has 0 aliphatic heterocycles. The van der Waals surface area contributed by atoms with E-state index in [0.717, 1.165) is 0 Å². The summed E-state index contributed by atoms with van der Waals surface area (Å²) in [6.45, 7) is 0. The molecule has 0 N–H and O–H groups in total. The molecule has 0 unspecified atom stereocenters. The maximum absolute atomic E-state index is 10.3. The molecule has 0 fully saturated rings. The van der Waals surface area contributed by atoms with E-state index in [4.69, 9.17) is 0 Å². The summed E-state index contributed by atoms with van der Waals surface area (Å²) in [5, 5.41) is 0. The zero-order valence-corrected chi connectivity index (χ0v) is 2.69. The maximum atomic E-state index is 10.3. The minimum Gasteiger partial charge on any atom is -0.236 e. The van der Waals surface area contributed by atoms with Crippen molar-refractivity contribution in [1.29, 1.82) is 0 Å². The molecule has 3 heteroatoms. The van der Waals surface area contributed by atoms with Crippen LogP contribution >= 0.6 is 12.1 Å². The van der Waals surface area contributed by atoms with E-state index in [1.807, 2.05) is 0 Å². The quantitative estimate of drug-likeness (QED) is 0.464. The van der Waals surface area contributed by atoms with Gasteiger partial charge >= 0.3 is 0 Å². The van der Waals surface area contributed by atoms with Gasteiger partial charge in [0.1, 0.15) is 0 Å². The van der Waals surface area contributed by atoms with Gasteiger partial charge in [-0.25, -0.2) is 4.39 Å². The average molecular weight is 84.1 g/mol. The van der Waals surface area contributed by atoms with Gasteiger partial charge in [0.2, 0.25) is 0 Å². The summed E-state index contributed by atoms with van der Waals surface area (Å²) in [5.74, 6) is 0. The van der Waals surface area contributed by atoms with Gasteiger partial charge in [0.25, 0.3) is 0 Å². The van der Waals surface area contributed by atoms with E-state index < -0.39 is 6.01 Å². The van der Waals surface area contributed by atoms with Crippen molar-refractivity contribution in [3.8, 4) is 0 Å². The number of hydrogen-bond acceptors (Lipinski definition) is 1. The molecule has 4 heavy (non-hydrogen) atoms. The molecule has 0 radical (unpaired) electrons. The first kappa shape index (κ1) is 4.21. The molecule has 0 bridgehead atoms. The van der Waals surface area contributed by atoms with Gasteiger partial charge in [0.05, 0.1) is 12.1 Å². The smallest absolute Gasteiger partial charge is 0.166 e. The second-order valence-corrected chi connectivity index (χ2v) is 0.655. The summed E-state index contributed by atoms with van der Waals surface area (Å²) in [4.78, 5) is 0. The Morgan fingerprint density at radius 2 is 2.00 bits per heavy atom. The summed E-state index contributed by atoms with van der Waals surface area (Å²) in [6, 6.07) is -0.931. The topological polar surface area (TPSA) is 0 Å². The fraction of sp³-hybridized carbons (Fsp3) is 1.00. The van der Waals surface area contributed by atoms with E-state index in [1.54, 1.807) is 0 Å². The third-order valence-electron chi connectivity index (χ3n) is 0.0412. The van der Waals surface area contributed by atoms with Crippen LogP contribution in [-0.2, 0) is 0 Å². The van der Waals surface area contributed by atoms with Crippen LogP contribution < -0.4 is 0 Å². The minimum absolute atomic E-state index is 0.310. The average Bonchev–Trinajstić information content (AvgIpc) is 1.37. The molecule has 0 aliphatic rings. The number of alkyl halides is 1. The van der Waals surface area contributed by atoms with E-state index in [2.05, 4.69) is 0 Å². The van der Waals surface area contributed by atoms with Gasteiger partial charge in [-0.1, -0.05) is 0 Å². The van der Waals surface area contributed by atoms with Crippen LogP contribution in [0.4, 0.5) is 8.28 Å². The van der Waals surface area contributed by atoms with Crippen LogP contribution in [0, 0.1) is 0 Å². The third kappa shape index (κ3) is 2.21. The largest absolute Gasteiger partial charge is 0.236 e. The lowest BCUT2D eigenvalue weighted by atomic mass is 11.8. The highest BCUT2D eigenvalue weighted by Crippen LogP contribution is 1.96. The van der Waals surface area contributed by atoms with Crippen LogP contribution in [0.5, 0.6) is 0 Å². The maximum Gasteiger partial charge on any atom is 0.166 e. The first-order chi connectivity index (χ1) is 1.91. The molecule has 0 aromatic carbocycles. The molecule has 0 aromatic heterocycles. The molecule has 0 heterocycles. The fourth-order valence-electron chi connectivity index (χ4n) is 0. The van der Waals surface area contributed by atoms with Crippen molar-refractivity contribution in [2.24, 2.45) is 0 Å². The third-order valence-corrected chi connectivity index (χ3v) is 0.124. The van der Waals surface area contributed by atoms with Crippen molar-refractivity contribution >= 4 is 12.1 Å². The highest BCUT2D eigenvalue weighted by molar-refractivity contribution is 7.94. The van der Waals surface area contributed by atoms with Crippen molar-refractivity contribution in [3.63, 3.8) is 0 Å². The Bertz CT molecular complexity index is 8.00. The standard InChI is InChI=1S/CH2F2S/c2-1-4-3/h1H2. The van der Waals surface area contributed by atoms with Gasteiger partial charge in [0, 0.05) is 0 Å². The van der Waals surface area contributed by atoms with Crippen molar-refractivity contribution in [1.82, 2.24) is 0 Å². The van der Waals surface area contributed by atoms with Crippen LogP contribution in [0.1, 0.15) is 0 Å². The fourth-order valence-corrected chi connectivity index (χ4v) is 0. The van der Waals surface area contributed by atoms with Crippen molar-refractivity contribution in [2.45, 2.75) is 0 Å². The minimum atomic E-state index is -0.931. The molecule has 0 spiro atoms. The van der Waals surface area contributed by atoms with E-state index in [-0.39, 0.29) is 12.1 Å². The summed E-state index contributed by atoms with van der Waals surface area (Å²) in [5.41, 5.74) is 0. The second kappa shape index (κ2) is 3.21. The predicted octanol–water partition coefficient (Wildman–Crippen LogP) is 1.53. The monoisotopic (exact) mass is 84.0 g/mol. The SMILES string of the molecule is FCSF. The molecule has 26 valence electrons. The summed E-state index contributed by atoms with van der Waals surface area (Å²) < 4.78 is 20.6. The number of hydrogen-bond donors (Lipinski definition) is 0. The Morgan fingerprint density at radius 1 is 1.75 bits per heavy atom. The molecule has 0 saturated heterocycles. The zero-order valence-electron chi connectivity index (χ0n) is 1.87. The Balaban J connectivity index is 1.97. The van der Waals surface area contributed by atoms with Crippen molar-refractivity contribution in [2.75, 3.05) is 6.01 Å². The number of rotatable bonds is 1. The molecule has 0 nitrogen and oxygen atoms in total. The lowest BCUT2D eigenvalue weighted by Gasteiger charge is -1.59. The van der Waals surface area contributed by atoms with Crippen LogP contribution in [0.3, 0.4) is 0 Å². The molecule has 0 rings (SSSR count). The normalized spacial score (nSPS) is 7.50. The van der Waals surface area contributed by atoms with E-state index in [0.29, 0.717) is 0 Å². The van der Waals surface area contributed by atoms with Gasteiger partial charge in [-0.15, -0.1) is 0 Å². The first-order valence-electron chi connectivity index (χ1n) is 0.710. The van der Waals surface area contributed by atoms with Gasteiger partial charge < -0.3 is 0 Å². The lowest BCUT2D eigenvalue weighted by Crippen LogP contribution is -1.41. The predicted molar refractivity (Wildman–Crippen MR) is 14.7 cm³/mol. The first-order valence-corrected chi connectivity index (χ1v) is 1.60. The number of halogens is 2. The van der Waals surface area contributed by atoms with E-state index in [9.17, 15) is 8.28 Å². The highest BCUT2D eigenvalue weighted by atomic mass is 32.2. The van der Waals surface area contributed by atoms with Crippen molar-refractivity contribution in [3.05, 3.63) is 0 Å². The van der Waals surface area contributed by atoms with E-state index >= 15 is 0 Å². The Kier molecular flexibility index (Phi) is 3.38. The van der Waals surface area contributed by atoms with Crippen LogP contribution in [0.15, 0.2) is 0 Å². The molecular formula is CH2F2S. The zero-order chi connectivity index (χ0) is 3.41. The van der Waals surface area contributed by atoms with Gasteiger partial charge in [-0.05, 0) is 0 Å². The van der Waals surface area contributed by atoms with Crippen LogP contribution in [0.2, 0.25) is 0 Å². The summed E-state index contributed by atoms with van der Waals surface area (Å²) in [6.07, 6.45) is 0. The van der Waals surface area contributed by atoms with Gasteiger partial charge in [-0.2, -0.15) is 3.89 Å². The highest BCUT2D eigenvalue weighted by Gasteiger charge is 1.66. The summed E-state index contributed by atoms with van der Waals surface area (Å²) in [7, 11) is 0. The second-order valence-electron chi connectivity index (χ2n) is 0.218. The van der Waals surface area contributed by atoms with Gasteiger partial charge in [-0.3, -0.25) is 0 Å². The Labute approximate surface area is 27.5 Å². The molecule has 0 aromatic rings. The van der Waals surface area contributed by atoms with E-state index in [1.165, 1.54) is 0 Å². The van der Waals surface area contributed by atoms with Gasteiger partial charge in [0.15, 0.2) is 6.01 Å². The molecular weight excluding hydrogens is 82.1 g/mol. The molecule has 0 atom stereocenters. The Morgan fingerprint density at radius 3 is 2.00 bits per heavy atom.